The number of ether oxygens (including phenoxy) is 1. The van der Waals surface area contributed by atoms with Crippen molar-refractivity contribution in [2.24, 2.45) is 4.99 Å². The normalized spacial score (nSPS) is 17.7. The Kier molecular flexibility index (Phi) is 9.04. The second kappa shape index (κ2) is 12.4. The Balaban J connectivity index is 0.000000350. The molecular formula is C25H30N4O5. The van der Waals surface area contributed by atoms with Crippen LogP contribution in [0.25, 0.3) is 0 Å². The second-order valence-electron chi connectivity index (χ2n) is 7.74. The van der Waals surface area contributed by atoms with E-state index in [1.807, 2.05) is 24.3 Å². The van der Waals surface area contributed by atoms with E-state index in [1.165, 1.54) is 5.69 Å². The summed E-state index contributed by atoms with van der Waals surface area (Å²) in [6.45, 7) is 6.85. The molecule has 1 unspecified atom stereocenters. The number of nitrogens with one attached hydrogen (secondary N) is 1. The first-order valence-electron chi connectivity index (χ1n) is 11.2. The highest BCUT2D eigenvalue weighted by molar-refractivity contribution is 5.99. The van der Waals surface area contributed by atoms with Gasteiger partial charge in [-0.2, -0.15) is 0 Å². The van der Waals surface area contributed by atoms with Gasteiger partial charge in [0.2, 0.25) is 0 Å². The third-order valence-electron chi connectivity index (χ3n) is 5.43. The minimum absolute atomic E-state index is 0.198. The summed E-state index contributed by atoms with van der Waals surface area (Å²) in [6.07, 6.45) is 2.31. The molecule has 1 atom stereocenters. The lowest BCUT2D eigenvalue weighted by Gasteiger charge is -2.39. The molecule has 180 valence electrons. The summed E-state index contributed by atoms with van der Waals surface area (Å²) in [6, 6.07) is 18.7. The van der Waals surface area contributed by atoms with Crippen molar-refractivity contribution in [1.82, 2.24) is 4.90 Å². The highest BCUT2D eigenvalue weighted by atomic mass is 16.5. The molecule has 0 saturated carbocycles. The molecule has 9 nitrogen and oxygen atoms in total. The average Bonchev–Trinajstić information content (AvgIpc) is 2.87. The third-order valence-corrected chi connectivity index (χ3v) is 5.43. The van der Waals surface area contributed by atoms with Gasteiger partial charge in [-0.15, -0.1) is 0 Å². The quantitative estimate of drug-likeness (QED) is 0.556. The van der Waals surface area contributed by atoms with Gasteiger partial charge in [0.25, 0.3) is 0 Å². The van der Waals surface area contributed by atoms with E-state index >= 15 is 0 Å². The maximum atomic E-state index is 9.55. The lowest BCUT2D eigenvalue weighted by Crippen LogP contribution is -2.50. The number of anilines is 2. The first kappa shape index (κ1) is 24.8. The fourth-order valence-electron chi connectivity index (χ4n) is 3.77. The monoisotopic (exact) mass is 466 g/mol. The van der Waals surface area contributed by atoms with Gasteiger partial charge in [0.1, 0.15) is 24.4 Å². The number of para-hydroxylation sites is 3. The zero-order chi connectivity index (χ0) is 24.3. The second-order valence-corrected chi connectivity index (χ2v) is 7.74. The topological polar surface area (TPSA) is 115 Å². The molecule has 0 radical (unpaired) electrons. The summed E-state index contributed by atoms with van der Waals surface area (Å²) in [4.78, 5) is 29.0. The average molecular weight is 467 g/mol. The Morgan fingerprint density at radius 2 is 1.62 bits per heavy atom. The van der Waals surface area contributed by atoms with Crippen LogP contribution in [0.5, 0.6) is 5.75 Å². The minimum atomic E-state index is -1.26. The fourth-order valence-corrected chi connectivity index (χ4v) is 3.77. The van der Waals surface area contributed by atoms with Gasteiger partial charge in [0.05, 0.1) is 5.69 Å². The molecule has 1 saturated heterocycles. The van der Waals surface area contributed by atoms with Crippen molar-refractivity contribution < 1.29 is 24.5 Å². The maximum Gasteiger partial charge on any atom is 0.328 e. The molecule has 9 heteroatoms. The molecule has 2 aliphatic heterocycles. The van der Waals surface area contributed by atoms with Crippen LogP contribution in [0.15, 0.2) is 71.7 Å². The van der Waals surface area contributed by atoms with E-state index in [9.17, 15) is 9.59 Å². The molecular weight excluding hydrogens is 436 g/mol. The highest BCUT2D eigenvalue weighted by Gasteiger charge is 2.24. The van der Waals surface area contributed by atoms with Gasteiger partial charge in [0, 0.05) is 44.0 Å². The summed E-state index contributed by atoms with van der Waals surface area (Å²) in [5.74, 6) is -0.697. The summed E-state index contributed by atoms with van der Waals surface area (Å²) < 4.78 is 5.82. The van der Waals surface area contributed by atoms with Gasteiger partial charge < -0.3 is 25.2 Å². The third kappa shape index (κ3) is 7.35. The zero-order valence-corrected chi connectivity index (χ0v) is 19.1. The largest absolute Gasteiger partial charge is 0.484 e. The number of carboxylic acid groups (broad SMARTS) is 2. The highest BCUT2D eigenvalue weighted by Crippen LogP contribution is 2.27. The van der Waals surface area contributed by atoms with Gasteiger partial charge in [-0.3, -0.25) is 4.90 Å². The predicted molar refractivity (Wildman–Crippen MR) is 132 cm³/mol. The van der Waals surface area contributed by atoms with Crippen LogP contribution in [0.2, 0.25) is 0 Å². The van der Waals surface area contributed by atoms with E-state index in [0.29, 0.717) is 18.8 Å². The molecule has 2 aliphatic rings. The van der Waals surface area contributed by atoms with Crippen molar-refractivity contribution in [1.29, 1.82) is 0 Å². The van der Waals surface area contributed by atoms with Gasteiger partial charge in [0.15, 0.2) is 0 Å². The first-order chi connectivity index (χ1) is 16.5. The van der Waals surface area contributed by atoms with Gasteiger partial charge in [-0.25, -0.2) is 14.6 Å². The Bertz CT molecular complexity index is 1000. The van der Waals surface area contributed by atoms with E-state index in [0.717, 1.165) is 49.9 Å². The molecule has 2 heterocycles. The first-order valence-corrected chi connectivity index (χ1v) is 11.2. The van der Waals surface area contributed by atoms with Crippen molar-refractivity contribution >= 4 is 29.1 Å². The smallest absolute Gasteiger partial charge is 0.328 e. The van der Waals surface area contributed by atoms with E-state index in [2.05, 4.69) is 52.4 Å². The number of aliphatic carboxylic acids is 2. The SMILES string of the molecule is CCC(N=C1COc2ccccc2N1)N1CCN(c2ccccc2)CC1.O=C(O)C=CC(=O)O. The number of benzene rings is 2. The number of nitrogens with zero attached hydrogens (tertiary/aromatic N) is 3. The van der Waals surface area contributed by atoms with Crippen molar-refractivity contribution in [2.75, 3.05) is 43.0 Å². The molecule has 2 aromatic carbocycles. The molecule has 0 aromatic heterocycles. The molecule has 34 heavy (non-hydrogen) atoms. The number of hydrogen-bond acceptors (Lipinski definition) is 6. The number of piperazine rings is 1. The number of fused-ring (bicyclic) bond motifs is 1. The van der Waals surface area contributed by atoms with E-state index < -0.39 is 11.9 Å². The number of rotatable bonds is 6. The summed E-state index contributed by atoms with van der Waals surface area (Å²) in [5.41, 5.74) is 2.31. The number of carboxylic acids is 2. The lowest BCUT2D eigenvalue weighted by atomic mass is 10.2. The summed E-state index contributed by atoms with van der Waals surface area (Å²) in [7, 11) is 0. The zero-order valence-electron chi connectivity index (χ0n) is 19.1. The van der Waals surface area contributed by atoms with Gasteiger partial charge in [-0.1, -0.05) is 37.3 Å². The Morgan fingerprint density at radius 3 is 2.24 bits per heavy atom. The van der Waals surface area contributed by atoms with Crippen LogP contribution in [-0.2, 0) is 9.59 Å². The number of amidine groups is 1. The Labute approximate surface area is 199 Å². The van der Waals surface area contributed by atoms with E-state index in [1.54, 1.807) is 0 Å². The van der Waals surface area contributed by atoms with Crippen LogP contribution >= 0.6 is 0 Å². The van der Waals surface area contributed by atoms with Crippen LogP contribution in [-0.4, -0.2) is 71.8 Å². The molecule has 0 amide bonds. The van der Waals surface area contributed by atoms with E-state index in [4.69, 9.17) is 19.9 Å². The van der Waals surface area contributed by atoms with Crippen molar-refractivity contribution in [2.45, 2.75) is 19.5 Å². The van der Waals surface area contributed by atoms with Gasteiger partial charge in [-0.05, 0) is 30.7 Å². The predicted octanol–water partition coefficient (Wildman–Crippen LogP) is 3.16. The molecule has 2 aromatic rings. The van der Waals surface area contributed by atoms with Crippen LogP contribution in [0.3, 0.4) is 0 Å². The Morgan fingerprint density at radius 1 is 1.00 bits per heavy atom. The van der Waals surface area contributed by atoms with Gasteiger partial charge >= 0.3 is 11.9 Å². The fraction of sp³-hybridized carbons (Fsp3) is 0.320. The van der Waals surface area contributed by atoms with Crippen LogP contribution < -0.4 is 15.0 Å². The van der Waals surface area contributed by atoms with Crippen LogP contribution in [0.4, 0.5) is 11.4 Å². The summed E-state index contributed by atoms with van der Waals surface area (Å²) >= 11 is 0. The lowest BCUT2D eigenvalue weighted by molar-refractivity contribution is -0.134. The maximum absolute atomic E-state index is 9.55. The molecule has 0 aliphatic carbocycles. The molecule has 0 bridgehead atoms. The molecule has 1 fully saturated rings. The number of hydrogen-bond donors (Lipinski definition) is 3. The summed E-state index contributed by atoms with van der Waals surface area (Å²) in [5, 5.41) is 19.0. The minimum Gasteiger partial charge on any atom is -0.484 e. The standard InChI is InChI=1S/C21H26N4O.C4H4O4/c1-2-21(23-20-16-26-19-11-7-6-10-18(19)22-20)25-14-12-24(13-15-25)17-8-4-3-5-9-17;5-3(6)1-2-4(7)8/h3-11,21H,2,12-16H2,1H3,(H,22,23);1-2H,(H,5,6)(H,7,8). The van der Waals surface area contributed by atoms with Crippen molar-refractivity contribution in [3.05, 3.63) is 66.7 Å². The number of aliphatic imine (C=N–C) groups is 1. The van der Waals surface area contributed by atoms with Crippen molar-refractivity contribution in [3.8, 4) is 5.75 Å². The van der Waals surface area contributed by atoms with E-state index in [-0.39, 0.29) is 6.17 Å². The van der Waals surface area contributed by atoms with Crippen LogP contribution in [0.1, 0.15) is 13.3 Å². The van der Waals surface area contributed by atoms with Crippen molar-refractivity contribution in [3.63, 3.8) is 0 Å². The molecule has 3 N–H and O–H groups in total. The van der Waals surface area contributed by atoms with Crippen LogP contribution in [0, 0.1) is 0 Å². The number of carbonyl (C=O) groups is 2. The molecule has 0 spiro atoms. The molecule has 4 rings (SSSR count). The Hall–Kier alpha value is -3.85.